The second-order valence-electron chi connectivity index (χ2n) is 9.85. The van der Waals surface area contributed by atoms with Gasteiger partial charge in [-0.1, -0.05) is 5.16 Å². The molecular weight excluding hydrogens is 456 g/mol. The maximum absolute atomic E-state index is 12.8. The van der Waals surface area contributed by atoms with E-state index in [-0.39, 0.29) is 11.8 Å². The largest absolute Gasteiger partial charge is 0.497 e. The van der Waals surface area contributed by atoms with E-state index in [1.807, 2.05) is 36.5 Å². The highest BCUT2D eigenvalue weighted by Gasteiger charge is 2.29. The zero-order valence-corrected chi connectivity index (χ0v) is 21.0. The molecule has 2 aliphatic rings. The van der Waals surface area contributed by atoms with Gasteiger partial charge >= 0.3 is 6.01 Å². The average molecular weight is 491 g/mol. The third kappa shape index (κ3) is 5.84. The van der Waals surface area contributed by atoms with E-state index in [0.717, 1.165) is 75.5 Å². The van der Waals surface area contributed by atoms with E-state index in [1.165, 1.54) is 5.56 Å². The maximum Gasteiger partial charge on any atom is 0.324 e. The number of nitrogens with one attached hydrogen (secondary N) is 1. The van der Waals surface area contributed by atoms with Crippen LogP contribution in [0.15, 0.2) is 47.1 Å². The molecule has 190 valence electrons. The van der Waals surface area contributed by atoms with Crippen molar-refractivity contribution in [3.8, 4) is 17.1 Å². The summed E-state index contributed by atoms with van der Waals surface area (Å²) in [5.41, 5.74) is 3.23. The molecule has 0 spiro atoms. The number of hydrogen-bond donors (Lipinski definition) is 1. The van der Waals surface area contributed by atoms with E-state index in [9.17, 15) is 4.79 Å². The second kappa shape index (κ2) is 11.1. The fourth-order valence-corrected chi connectivity index (χ4v) is 5.06. The van der Waals surface area contributed by atoms with Gasteiger partial charge in [0.05, 0.1) is 12.8 Å². The number of aryl methyl sites for hydroxylation is 1. The number of anilines is 1. The molecule has 0 aliphatic carbocycles. The number of likely N-dealkylation sites (tertiary alicyclic amines) is 1. The molecule has 3 aromatic rings. The van der Waals surface area contributed by atoms with Crippen LogP contribution in [-0.2, 0) is 11.3 Å². The monoisotopic (exact) mass is 490 g/mol. The molecule has 1 unspecified atom stereocenters. The second-order valence-corrected chi connectivity index (χ2v) is 9.85. The van der Waals surface area contributed by atoms with Crippen LogP contribution in [0.2, 0.25) is 0 Å². The SMILES string of the molecule is COc1ccc(-c2noc(N3CCC(C(=O)NCC4CCN(Cc5cc(C)ccn5)C4)CC3)n2)cc1. The summed E-state index contributed by atoms with van der Waals surface area (Å²) in [6.07, 6.45) is 4.55. The van der Waals surface area contributed by atoms with Crippen LogP contribution in [-0.4, -0.2) is 65.8 Å². The number of benzene rings is 1. The Morgan fingerprint density at radius 1 is 1.14 bits per heavy atom. The summed E-state index contributed by atoms with van der Waals surface area (Å²) < 4.78 is 10.7. The Morgan fingerprint density at radius 3 is 2.69 bits per heavy atom. The third-order valence-corrected chi connectivity index (χ3v) is 7.19. The quantitative estimate of drug-likeness (QED) is 0.514. The first kappa shape index (κ1) is 24.2. The van der Waals surface area contributed by atoms with Crippen molar-refractivity contribution < 1.29 is 14.1 Å². The lowest BCUT2D eigenvalue weighted by molar-refractivity contribution is -0.125. The molecule has 9 nitrogen and oxygen atoms in total. The Labute approximate surface area is 211 Å². The predicted octanol–water partition coefficient (Wildman–Crippen LogP) is 3.30. The minimum absolute atomic E-state index is 0.0271. The molecule has 2 aliphatic heterocycles. The van der Waals surface area contributed by atoms with Crippen LogP contribution in [0.3, 0.4) is 0 Å². The normalized spacial score (nSPS) is 18.9. The molecular formula is C27H34N6O3. The Hall–Kier alpha value is -3.46. The predicted molar refractivity (Wildman–Crippen MR) is 137 cm³/mol. The summed E-state index contributed by atoms with van der Waals surface area (Å²) in [4.78, 5) is 26.4. The van der Waals surface area contributed by atoms with Gasteiger partial charge in [-0.25, -0.2) is 0 Å². The van der Waals surface area contributed by atoms with E-state index in [1.54, 1.807) is 7.11 Å². The molecule has 1 N–H and O–H groups in total. The lowest BCUT2D eigenvalue weighted by atomic mass is 9.96. The van der Waals surface area contributed by atoms with Gasteiger partial charge in [-0.2, -0.15) is 4.98 Å². The molecule has 5 rings (SSSR count). The van der Waals surface area contributed by atoms with Crippen molar-refractivity contribution in [3.05, 3.63) is 53.9 Å². The molecule has 9 heteroatoms. The Balaban J connectivity index is 1.05. The molecule has 1 atom stereocenters. The van der Waals surface area contributed by atoms with Crippen LogP contribution in [0.25, 0.3) is 11.4 Å². The highest BCUT2D eigenvalue weighted by Crippen LogP contribution is 2.26. The number of carbonyl (C=O) groups is 1. The number of carbonyl (C=O) groups excluding carboxylic acids is 1. The summed E-state index contributed by atoms with van der Waals surface area (Å²) in [5.74, 6) is 2.02. The van der Waals surface area contributed by atoms with E-state index in [4.69, 9.17) is 9.26 Å². The molecule has 1 amide bonds. The first-order valence-corrected chi connectivity index (χ1v) is 12.7. The standard InChI is InChI=1S/C27H34N6O3/c1-19-7-11-28-23(15-19)18-32-12-8-20(17-32)16-29-26(34)22-9-13-33(14-10-22)27-30-25(31-36-27)21-3-5-24(35-2)6-4-21/h3-7,11,15,20,22H,8-10,12-14,16-18H2,1-2H3,(H,29,34). The van der Waals surface area contributed by atoms with Gasteiger partial charge in [0.1, 0.15) is 5.75 Å². The zero-order chi connectivity index (χ0) is 24.9. The number of pyridine rings is 1. The van der Waals surface area contributed by atoms with Crippen molar-refractivity contribution >= 4 is 11.9 Å². The van der Waals surface area contributed by atoms with Gasteiger partial charge in [-0.15, -0.1) is 0 Å². The summed E-state index contributed by atoms with van der Waals surface area (Å²) >= 11 is 0. The number of hydrogen-bond acceptors (Lipinski definition) is 8. The van der Waals surface area contributed by atoms with Gasteiger partial charge < -0.3 is 19.5 Å². The van der Waals surface area contributed by atoms with E-state index >= 15 is 0 Å². The van der Waals surface area contributed by atoms with Crippen LogP contribution in [0.4, 0.5) is 6.01 Å². The maximum atomic E-state index is 12.8. The summed E-state index contributed by atoms with van der Waals surface area (Å²) in [7, 11) is 1.64. The van der Waals surface area contributed by atoms with E-state index in [2.05, 4.69) is 43.2 Å². The molecule has 36 heavy (non-hydrogen) atoms. The van der Waals surface area contributed by atoms with Crippen molar-refractivity contribution in [2.75, 3.05) is 44.7 Å². The highest BCUT2D eigenvalue weighted by molar-refractivity contribution is 5.79. The summed E-state index contributed by atoms with van der Waals surface area (Å²) in [5, 5.41) is 7.34. The number of rotatable bonds is 8. The fraction of sp³-hybridized carbons (Fsp3) is 0.481. The Bertz CT molecular complexity index is 1160. The molecule has 4 heterocycles. The first-order chi connectivity index (χ1) is 17.6. The number of amides is 1. The van der Waals surface area contributed by atoms with Gasteiger partial charge in [0.15, 0.2) is 0 Å². The van der Waals surface area contributed by atoms with Crippen LogP contribution in [0.5, 0.6) is 5.75 Å². The van der Waals surface area contributed by atoms with E-state index < -0.39 is 0 Å². The van der Waals surface area contributed by atoms with Gasteiger partial charge in [0.2, 0.25) is 11.7 Å². The van der Waals surface area contributed by atoms with Crippen LogP contribution in [0.1, 0.15) is 30.5 Å². The molecule has 0 saturated carbocycles. The van der Waals surface area contributed by atoms with Gasteiger partial charge in [0.25, 0.3) is 0 Å². The van der Waals surface area contributed by atoms with E-state index in [0.29, 0.717) is 17.8 Å². The highest BCUT2D eigenvalue weighted by atomic mass is 16.5. The molecule has 0 radical (unpaired) electrons. The third-order valence-electron chi connectivity index (χ3n) is 7.19. The summed E-state index contributed by atoms with van der Waals surface area (Å²) in [6, 6.07) is 12.3. The molecule has 1 aromatic carbocycles. The number of piperidine rings is 1. The minimum Gasteiger partial charge on any atom is -0.497 e. The topological polar surface area (TPSA) is 96.6 Å². The van der Waals surface area contributed by atoms with Gasteiger partial charge in [0, 0.05) is 50.4 Å². The van der Waals surface area contributed by atoms with Crippen molar-refractivity contribution in [2.45, 2.75) is 32.7 Å². The number of methoxy groups -OCH3 is 1. The fourth-order valence-electron chi connectivity index (χ4n) is 5.06. The smallest absolute Gasteiger partial charge is 0.324 e. The average Bonchev–Trinajstić information content (AvgIpc) is 3.58. The number of ether oxygens (including phenoxy) is 1. The molecule has 2 fully saturated rings. The minimum atomic E-state index is 0.0271. The van der Waals surface area contributed by atoms with Crippen LogP contribution in [0, 0.1) is 18.8 Å². The Kier molecular flexibility index (Phi) is 7.46. The number of nitrogens with zero attached hydrogens (tertiary/aromatic N) is 5. The van der Waals surface area contributed by atoms with Crippen molar-refractivity contribution in [1.29, 1.82) is 0 Å². The summed E-state index contributed by atoms with van der Waals surface area (Å²) in [6.45, 7) is 7.22. The zero-order valence-electron chi connectivity index (χ0n) is 21.0. The van der Waals surface area contributed by atoms with Gasteiger partial charge in [-0.3, -0.25) is 14.7 Å². The number of aromatic nitrogens is 3. The van der Waals surface area contributed by atoms with Crippen LogP contribution < -0.4 is 15.0 Å². The molecule has 0 bridgehead atoms. The van der Waals surface area contributed by atoms with Crippen LogP contribution >= 0.6 is 0 Å². The van der Waals surface area contributed by atoms with Crippen molar-refractivity contribution in [3.63, 3.8) is 0 Å². The lowest BCUT2D eigenvalue weighted by Gasteiger charge is -2.30. The lowest BCUT2D eigenvalue weighted by Crippen LogP contribution is -2.42. The Morgan fingerprint density at radius 2 is 1.94 bits per heavy atom. The van der Waals surface area contributed by atoms with Crippen molar-refractivity contribution in [2.24, 2.45) is 11.8 Å². The van der Waals surface area contributed by atoms with Crippen molar-refractivity contribution in [1.82, 2.24) is 25.3 Å². The molecule has 2 saturated heterocycles. The molecule has 2 aromatic heterocycles. The van der Waals surface area contributed by atoms with Gasteiger partial charge in [-0.05, 0) is 80.6 Å². The first-order valence-electron chi connectivity index (χ1n) is 12.7.